The van der Waals surface area contributed by atoms with E-state index in [2.05, 4.69) is 4.90 Å². The first-order chi connectivity index (χ1) is 6.72. The summed E-state index contributed by atoms with van der Waals surface area (Å²) in [5.74, 6) is -0.268. The molecule has 0 saturated carbocycles. The third kappa shape index (κ3) is 3.89. The fourth-order valence-electron chi connectivity index (χ4n) is 1.75. The van der Waals surface area contributed by atoms with Gasteiger partial charge in [0, 0.05) is 26.3 Å². The zero-order valence-electron chi connectivity index (χ0n) is 8.48. The Hall–Kier alpha value is -0.870. The van der Waals surface area contributed by atoms with Crippen LogP contribution in [0.15, 0.2) is 12.2 Å². The number of likely N-dealkylation sites (tertiary alicyclic amines) is 1. The van der Waals surface area contributed by atoms with E-state index >= 15 is 0 Å². The van der Waals surface area contributed by atoms with Crippen LogP contribution in [0.1, 0.15) is 6.42 Å². The van der Waals surface area contributed by atoms with Crippen LogP contribution < -0.4 is 0 Å². The van der Waals surface area contributed by atoms with E-state index in [4.69, 9.17) is 9.84 Å². The lowest BCUT2D eigenvalue weighted by atomic mass is 10.1. The summed E-state index contributed by atoms with van der Waals surface area (Å²) in [5, 5.41) is 8.40. The van der Waals surface area contributed by atoms with Gasteiger partial charge in [0.05, 0.1) is 6.61 Å². The molecule has 0 aromatic heterocycles. The number of hydrogen-bond acceptors (Lipinski definition) is 3. The summed E-state index contributed by atoms with van der Waals surface area (Å²) in [4.78, 5) is 12.5. The van der Waals surface area contributed by atoms with Crippen molar-refractivity contribution in [1.29, 1.82) is 0 Å². The van der Waals surface area contributed by atoms with E-state index in [0.717, 1.165) is 32.7 Å². The SMILES string of the molecule is COCC1CCN(C/C=C/C(=O)O)C1. The minimum absolute atomic E-state index is 0.609. The Morgan fingerprint density at radius 1 is 1.71 bits per heavy atom. The second kappa shape index (κ2) is 5.78. The Morgan fingerprint density at radius 2 is 2.50 bits per heavy atom. The molecule has 1 N–H and O–H groups in total. The molecule has 1 saturated heterocycles. The van der Waals surface area contributed by atoms with Gasteiger partial charge in [-0.3, -0.25) is 4.90 Å². The molecule has 0 spiro atoms. The summed E-state index contributed by atoms with van der Waals surface area (Å²) in [6.07, 6.45) is 4.04. The summed E-state index contributed by atoms with van der Waals surface area (Å²) in [5.41, 5.74) is 0. The molecule has 0 radical (unpaired) electrons. The standard InChI is InChI=1S/C10H17NO3/c1-14-8-9-4-6-11(7-9)5-2-3-10(12)13/h2-3,9H,4-8H2,1H3,(H,12,13)/b3-2+. The normalized spacial score (nSPS) is 23.4. The van der Waals surface area contributed by atoms with Gasteiger partial charge in [0.25, 0.3) is 0 Å². The molecule has 0 aromatic rings. The number of carboxylic acids is 1. The molecule has 80 valence electrons. The van der Waals surface area contributed by atoms with Gasteiger partial charge in [0.2, 0.25) is 0 Å². The van der Waals surface area contributed by atoms with Crippen LogP contribution in [-0.2, 0) is 9.53 Å². The zero-order valence-corrected chi connectivity index (χ0v) is 8.48. The summed E-state index contributed by atoms with van der Waals surface area (Å²) >= 11 is 0. The maximum Gasteiger partial charge on any atom is 0.328 e. The van der Waals surface area contributed by atoms with Gasteiger partial charge in [0.15, 0.2) is 0 Å². The highest BCUT2D eigenvalue weighted by Crippen LogP contribution is 2.15. The lowest BCUT2D eigenvalue weighted by Crippen LogP contribution is -2.21. The molecule has 1 fully saturated rings. The van der Waals surface area contributed by atoms with Crippen LogP contribution >= 0.6 is 0 Å². The van der Waals surface area contributed by atoms with Gasteiger partial charge in [-0.1, -0.05) is 6.08 Å². The average molecular weight is 199 g/mol. The third-order valence-electron chi connectivity index (χ3n) is 2.40. The topological polar surface area (TPSA) is 49.8 Å². The van der Waals surface area contributed by atoms with Crippen molar-refractivity contribution in [2.75, 3.05) is 33.4 Å². The van der Waals surface area contributed by atoms with Gasteiger partial charge in [-0.25, -0.2) is 4.79 Å². The monoisotopic (exact) mass is 199 g/mol. The predicted molar refractivity (Wildman–Crippen MR) is 53.2 cm³/mol. The minimum Gasteiger partial charge on any atom is -0.478 e. The Balaban J connectivity index is 2.19. The number of rotatable bonds is 5. The van der Waals surface area contributed by atoms with Crippen LogP contribution in [-0.4, -0.2) is 49.3 Å². The molecular weight excluding hydrogens is 182 g/mol. The van der Waals surface area contributed by atoms with Crippen molar-refractivity contribution >= 4 is 5.97 Å². The van der Waals surface area contributed by atoms with E-state index in [1.54, 1.807) is 13.2 Å². The Morgan fingerprint density at radius 3 is 3.14 bits per heavy atom. The molecule has 0 bridgehead atoms. The summed E-state index contributed by atoms with van der Waals surface area (Å²) in [6.45, 7) is 3.58. The van der Waals surface area contributed by atoms with Gasteiger partial charge in [0.1, 0.15) is 0 Å². The van der Waals surface area contributed by atoms with E-state index < -0.39 is 5.97 Å². The van der Waals surface area contributed by atoms with Crippen LogP contribution in [0.25, 0.3) is 0 Å². The van der Waals surface area contributed by atoms with Crippen molar-refractivity contribution in [2.45, 2.75) is 6.42 Å². The quantitative estimate of drug-likeness (QED) is 0.659. The molecule has 1 rings (SSSR count). The lowest BCUT2D eigenvalue weighted by Gasteiger charge is -2.12. The third-order valence-corrected chi connectivity index (χ3v) is 2.40. The molecular formula is C10H17NO3. The average Bonchev–Trinajstić information content (AvgIpc) is 2.53. The number of aliphatic carboxylic acids is 1. The fourth-order valence-corrected chi connectivity index (χ4v) is 1.75. The molecule has 0 aliphatic carbocycles. The molecule has 0 aromatic carbocycles. The maximum absolute atomic E-state index is 10.2. The number of nitrogens with zero attached hydrogens (tertiary/aromatic N) is 1. The molecule has 1 atom stereocenters. The van der Waals surface area contributed by atoms with Gasteiger partial charge >= 0.3 is 5.97 Å². The molecule has 1 unspecified atom stereocenters. The second-order valence-electron chi connectivity index (χ2n) is 3.61. The van der Waals surface area contributed by atoms with Crippen molar-refractivity contribution in [2.24, 2.45) is 5.92 Å². The number of hydrogen-bond donors (Lipinski definition) is 1. The van der Waals surface area contributed by atoms with E-state index in [1.807, 2.05) is 0 Å². The summed E-state index contributed by atoms with van der Waals surface area (Å²) in [7, 11) is 1.72. The largest absolute Gasteiger partial charge is 0.478 e. The summed E-state index contributed by atoms with van der Waals surface area (Å²) < 4.78 is 5.08. The molecule has 1 aliphatic heterocycles. The van der Waals surface area contributed by atoms with Crippen LogP contribution in [0, 0.1) is 5.92 Å². The number of methoxy groups -OCH3 is 1. The van der Waals surface area contributed by atoms with E-state index in [9.17, 15) is 4.79 Å². The van der Waals surface area contributed by atoms with Crippen LogP contribution in [0.2, 0.25) is 0 Å². The van der Waals surface area contributed by atoms with E-state index in [1.165, 1.54) is 6.08 Å². The smallest absolute Gasteiger partial charge is 0.328 e. The number of carbonyl (C=O) groups is 1. The van der Waals surface area contributed by atoms with E-state index in [-0.39, 0.29) is 0 Å². The Labute approximate surface area is 84.2 Å². The predicted octanol–water partition coefficient (Wildman–Crippen LogP) is 0.595. The summed E-state index contributed by atoms with van der Waals surface area (Å²) in [6, 6.07) is 0. The first kappa shape index (κ1) is 11.2. The van der Waals surface area contributed by atoms with Crippen molar-refractivity contribution < 1.29 is 14.6 Å². The van der Waals surface area contributed by atoms with Crippen molar-refractivity contribution in [3.05, 3.63) is 12.2 Å². The van der Waals surface area contributed by atoms with Crippen LogP contribution in [0.5, 0.6) is 0 Å². The minimum atomic E-state index is -0.877. The molecule has 0 amide bonds. The maximum atomic E-state index is 10.2. The fraction of sp³-hybridized carbons (Fsp3) is 0.700. The Bertz CT molecular complexity index is 215. The van der Waals surface area contributed by atoms with Crippen LogP contribution in [0.3, 0.4) is 0 Å². The molecule has 1 aliphatic rings. The number of carboxylic acid groups (broad SMARTS) is 1. The van der Waals surface area contributed by atoms with Gasteiger partial charge in [-0.2, -0.15) is 0 Å². The zero-order chi connectivity index (χ0) is 10.4. The molecule has 4 nitrogen and oxygen atoms in total. The highest BCUT2D eigenvalue weighted by molar-refractivity contribution is 5.79. The molecule has 1 heterocycles. The van der Waals surface area contributed by atoms with Crippen molar-refractivity contribution in [1.82, 2.24) is 4.90 Å². The number of ether oxygens (including phenoxy) is 1. The van der Waals surface area contributed by atoms with E-state index in [0.29, 0.717) is 5.92 Å². The lowest BCUT2D eigenvalue weighted by molar-refractivity contribution is -0.131. The second-order valence-corrected chi connectivity index (χ2v) is 3.61. The Kier molecular flexibility index (Phi) is 4.62. The van der Waals surface area contributed by atoms with Crippen molar-refractivity contribution in [3.63, 3.8) is 0 Å². The van der Waals surface area contributed by atoms with Gasteiger partial charge in [-0.15, -0.1) is 0 Å². The highest BCUT2D eigenvalue weighted by atomic mass is 16.5. The molecule has 4 heteroatoms. The van der Waals surface area contributed by atoms with Crippen LogP contribution in [0.4, 0.5) is 0 Å². The van der Waals surface area contributed by atoms with Gasteiger partial charge in [-0.05, 0) is 18.9 Å². The molecule has 14 heavy (non-hydrogen) atoms. The first-order valence-electron chi connectivity index (χ1n) is 4.83. The van der Waals surface area contributed by atoms with Gasteiger partial charge < -0.3 is 9.84 Å². The highest BCUT2D eigenvalue weighted by Gasteiger charge is 2.20. The first-order valence-corrected chi connectivity index (χ1v) is 4.83. The van der Waals surface area contributed by atoms with Crippen molar-refractivity contribution in [3.8, 4) is 0 Å².